The van der Waals surface area contributed by atoms with Gasteiger partial charge in [0.25, 0.3) is 17.5 Å². The minimum atomic E-state index is -1.45. The van der Waals surface area contributed by atoms with Gasteiger partial charge in [0.1, 0.15) is 43.2 Å². The van der Waals surface area contributed by atoms with Crippen LogP contribution in [-0.2, 0) is 25.8 Å². The zero-order valence-corrected chi connectivity index (χ0v) is 24.3. The van der Waals surface area contributed by atoms with Crippen molar-refractivity contribution in [2.75, 3.05) is 37.0 Å². The van der Waals surface area contributed by atoms with Gasteiger partial charge in [-0.25, -0.2) is 9.55 Å². The SMILES string of the molecule is CO/N=C(\C(=O)N[C@@H]1C(=O)N2C(C(=O)[O-])=C(C[n+]3ccn4c(NCCCN)cccc43)CS[C@H]12)c1csc(N)n1.Cl. The van der Waals surface area contributed by atoms with Crippen molar-refractivity contribution in [1.29, 1.82) is 0 Å². The van der Waals surface area contributed by atoms with Crippen LogP contribution in [0.3, 0.4) is 0 Å². The maximum absolute atomic E-state index is 13.1. The Bertz CT molecular complexity index is 1540. The van der Waals surface area contributed by atoms with Gasteiger partial charge in [-0.1, -0.05) is 5.16 Å². The fourth-order valence-corrected chi connectivity index (χ4v) is 6.50. The number of hydrogen-bond acceptors (Lipinski definition) is 12. The molecule has 0 unspecified atom stereocenters. The van der Waals surface area contributed by atoms with Gasteiger partial charge < -0.3 is 36.8 Å². The van der Waals surface area contributed by atoms with E-state index in [0.29, 0.717) is 17.9 Å². The first kappa shape index (κ1) is 30.1. The van der Waals surface area contributed by atoms with Crippen molar-refractivity contribution in [2.45, 2.75) is 24.4 Å². The number of carboxylic acid groups (broad SMARTS) is 1. The second-order valence-electron chi connectivity index (χ2n) is 8.93. The number of β-lactam (4-membered cyclic amide) rings is 1. The fraction of sp³-hybridized carbons (Fsp3) is 0.333. The van der Waals surface area contributed by atoms with Gasteiger partial charge in [0.2, 0.25) is 0 Å². The molecule has 2 aliphatic rings. The Hall–Kier alpha value is -3.86. The molecule has 0 aromatic carbocycles. The van der Waals surface area contributed by atoms with Gasteiger partial charge in [-0.05, 0) is 19.0 Å². The molecular formula is C24H28ClN9O5S2. The quantitative estimate of drug-likeness (QED) is 0.0671. The topological polar surface area (TPSA) is 196 Å². The highest BCUT2D eigenvalue weighted by molar-refractivity contribution is 8.00. The number of carboxylic acids is 1. The van der Waals surface area contributed by atoms with Crippen molar-refractivity contribution in [3.05, 3.63) is 52.9 Å². The number of carbonyl (C=O) groups excluding carboxylic acids is 3. The lowest BCUT2D eigenvalue weighted by Gasteiger charge is -2.50. The van der Waals surface area contributed by atoms with Gasteiger partial charge in [0, 0.05) is 35.4 Å². The number of aromatic nitrogens is 3. The summed E-state index contributed by atoms with van der Waals surface area (Å²) in [6, 6.07) is 4.81. The predicted octanol–water partition coefficient (Wildman–Crippen LogP) is -1.10. The molecule has 41 heavy (non-hydrogen) atoms. The van der Waals surface area contributed by atoms with Crippen molar-refractivity contribution in [1.82, 2.24) is 19.6 Å². The molecular weight excluding hydrogens is 594 g/mol. The van der Waals surface area contributed by atoms with E-state index in [4.69, 9.17) is 16.3 Å². The summed E-state index contributed by atoms with van der Waals surface area (Å²) in [6.07, 6.45) is 4.56. The smallest absolute Gasteiger partial charge is 0.288 e. The lowest BCUT2D eigenvalue weighted by atomic mass is 10.0. The molecule has 0 radical (unpaired) electrons. The first-order valence-electron chi connectivity index (χ1n) is 12.3. The number of aliphatic carboxylic acids is 1. The van der Waals surface area contributed by atoms with Crippen LogP contribution >= 0.6 is 35.5 Å². The average molecular weight is 622 g/mol. The molecule has 2 aliphatic heterocycles. The number of rotatable bonds is 11. The molecule has 0 aliphatic carbocycles. The number of thiazole rings is 1. The Balaban J connectivity index is 0.00000387. The van der Waals surface area contributed by atoms with Crippen molar-refractivity contribution in [3.63, 3.8) is 0 Å². The molecule has 0 saturated carbocycles. The number of imidazole rings is 1. The van der Waals surface area contributed by atoms with E-state index in [1.165, 1.54) is 23.8 Å². The van der Waals surface area contributed by atoms with Crippen LogP contribution < -0.4 is 31.8 Å². The van der Waals surface area contributed by atoms with Crippen LogP contribution in [0.15, 0.2) is 52.4 Å². The summed E-state index contributed by atoms with van der Waals surface area (Å²) >= 11 is 2.48. The van der Waals surface area contributed by atoms with Gasteiger partial charge >= 0.3 is 0 Å². The molecule has 5 rings (SSSR count). The average Bonchev–Trinajstić information content (AvgIpc) is 3.56. The second-order valence-corrected chi connectivity index (χ2v) is 10.9. The van der Waals surface area contributed by atoms with Crippen molar-refractivity contribution < 1.29 is 28.9 Å². The number of nitrogen functional groups attached to an aromatic ring is 1. The third-order valence-electron chi connectivity index (χ3n) is 6.43. The Morgan fingerprint density at radius 2 is 2.17 bits per heavy atom. The molecule has 1 saturated heterocycles. The van der Waals surface area contributed by atoms with Crippen LogP contribution in [0.5, 0.6) is 0 Å². The zero-order chi connectivity index (χ0) is 28.4. The Morgan fingerprint density at radius 3 is 2.85 bits per heavy atom. The number of thioether (sulfide) groups is 1. The Labute approximate surface area is 248 Å². The van der Waals surface area contributed by atoms with E-state index in [-0.39, 0.29) is 41.2 Å². The van der Waals surface area contributed by atoms with E-state index in [0.717, 1.165) is 35.8 Å². The molecule has 0 spiro atoms. The molecule has 3 aromatic rings. The molecule has 3 aromatic heterocycles. The van der Waals surface area contributed by atoms with Crippen LogP contribution in [0.1, 0.15) is 12.1 Å². The number of hydrogen-bond donors (Lipinski definition) is 4. The summed E-state index contributed by atoms with van der Waals surface area (Å²) in [5, 5.41) is 23.1. The summed E-state index contributed by atoms with van der Waals surface area (Å²) in [4.78, 5) is 48.3. The predicted molar refractivity (Wildman–Crippen MR) is 154 cm³/mol. The molecule has 2 atom stereocenters. The first-order chi connectivity index (χ1) is 19.3. The number of carbonyl (C=O) groups is 3. The third-order valence-corrected chi connectivity index (χ3v) is 8.45. The molecule has 0 bridgehead atoms. The van der Waals surface area contributed by atoms with Gasteiger partial charge in [-0.3, -0.25) is 14.5 Å². The zero-order valence-electron chi connectivity index (χ0n) is 21.8. The minimum absolute atomic E-state index is 0. The molecule has 1 fully saturated rings. The van der Waals surface area contributed by atoms with Crippen LogP contribution in [0.2, 0.25) is 0 Å². The number of nitrogens with two attached hydrogens (primary N) is 2. The van der Waals surface area contributed by atoms with Crippen LogP contribution in [0.4, 0.5) is 10.9 Å². The number of nitrogens with zero attached hydrogens (tertiary/aromatic N) is 5. The molecule has 218 valence electrons. The van der Waals surface area contributed by atoms with Gasteiger partial charge in [0.05, 0.1) is 11.7 Å². The minimum Gasteiger partial charge on any atom is -0.543 e. The Kier molecular flexibility index (Phi) is 9.37. The molecule has 14 nitrogen and oxygen atoms in total. The number of nitrogens with one attached hydrogen (secondary N) is 2. The Morgan fingerprint density at radius 1 is 1.37 bits per heavy atom. The monoisotopic (exact) mass is 621 g/mol. The summed E-state index contributed by atoms with van der Waals surface area (Å²) in [7, 11) is 1.28. The van der Waals surface area contributed by atoms with Crippen molar-refractivity contribution in [2.24, 2.45) is 10.9 Å². The summed E-state index contributed by atoms with van der Waals surface area (Å²) in [5.74, 6) is -1.50. The number of amides is 2. The van der Waals surface area contributed by atoms with Crippen LogP contribution in [-0.4, -0.2) is 75.1 Å². The van der Waals surface area contributed by atoms with Crippen molar-refractivity contribution >= 4 is 75.6 Å². The first-order valence-corrected chi connectivity index (χ1v) is 14.2. The highest BCUT2D eigenvalue weighted by Gasteiger charge is 2.53. The number of oxime groups is 1. The number of halogens is 1. The number of pyridine rings is 1. The molecule has 2 amide bonds. The highest BCUT2D eigenvalue weighted by Crippen LogP contribution is 2.40. The van der Waals surface area contributed by atoms with E-state index in [2.05, 4.69) is 20.8 Å². The third kappa shape index (κ3) is 5.81. The van der Waals surface area contributed by atoms with Gasteiger partial charge in [-0.2, -0.15) is 4.40 Å². The number of fused-ring (bicyclic) bond motifs is 2. The molecule has 17 heteroatoms. The summed E-state index contributed by atoms with van der Waals surface area (Å²) in [6.45, 7) is 1.54. The normalized spacial score (nSPS) is 18.4. The van der Waals surface area contributed by atoms with Gasteiger partial charge in [0.15, 0.2) is 16.7 Å². The van der Waals surface area contributed by atoms with E-state index in [1.807, 2.05) is 39.6 Å². The lowest BCUT2D eigenvalue weighted by molar-refractivity contribution is -0.662. The van der Waals surface area contributed by atoms with Gasteiger partial charge in [-0.15, -0.1) is 35.5 Å². The summed E-state index contributed by atoms with van der Waals surface area (Å²) < 4.78 is 3.87. The largest absolute Gasteiger partial charge is 0.543 e. The van der Waals surface area contributed by atoms with E-state index in [1.54, 1.807) is 5.38 Å². The van der Waals surface area contributed by atoms with E-state index >= 15 is 0 Å². The van der Waals surface area contributed by atoms with E-state index in [9.17, 15) is 19.5 Å². The number of anilines is 2. The fourth-order valence-electron chi connectivity index (χ4n) is 4.62. The lowest BCUT2D eigenvalue weighted by Crippen LogP contribution is -2.71. The van der Waals surface area contributed by atoms with Crippen LogP contribution in [0.25, 0.3) is 5.65 Å². The second kappa shape index (κ2) is 12.8. The molecule has 5 heterocycles. The van der Waals surface area contributed by atoms with E-state index < -0.39 is 29.2 Å². The maximum Gasteiger partial charge on any atom is 0.288 e. The maximum atomic E-state index is 13.1. The highest BCUT2D eigenvalue weighted by atomic mass is 35.5. The van der Waals surface area contributed by atoms with Crippen molar-refractivity contribution in [3.8, 4) is 0 Å². The summed E-state index contributed by atoms with van der Waals surface area (Å²) in [5.41, 5.74) is 12.5. The molecule has 6 N–H and O–H groups in total. The standard InChI is InChI=1S/C24H27N9O5S2.ClH/c1-38-30-17(14-12-40-24(26)28-14)20(34)29-18-21(35)33-19(23(36)37)13(11-39-22(18)33)10-31-8-9-32-15(27-7-3-6-25)4-2-5-16(31)32;/h2,4-5,8-9,12,18,22H,3,6-7,10-11,25H2,1H3,(H4,26,28,29,34,36,37);1H/b30-17-;/t18-,22-;/m1./s1. The van der Waals surface area contributed by atoms with Crippen LogP contribution in [0, 0.1) is 0 Å².